The molecule has 4 heteroatoms. The molecule has 0 radical (unpaired) electrons. The van der Waals surface area contributed by atoms with Crippen LogP contribution in [0.15, 0.2) is 6.07 Å². The number of hydrogen-bond donors (Lipinski definition) is 0. The molecular formula is C17H27N3O. The minimum Gasteiger partial charge on any atom is -0.371 e. The van der Waals surface area contributed by atoms with Crippen molar-refractivity contribution in [3.63, 3.8) is 0 Å². The molecule has 1 aliphatic heterocycles. The lowest BCUT2D eigenvalue weighted by molar-refractivity contribution is -0.0654. The van der Waals surface area contributed by atoms with Crippen LogP contribution in [0, 0.1) is 6.92 Å². The van der Waals surface area contributed by atoms with Gasteiger partial charge in [-0.1, -0.05) is 32.6 Å². The smallest absolute Gasteiger partial charge is 0.132 e. The van der Waals surface area contributed by atoms with Gasteiger partial charge in [0.25, 0.3) is 0 Å². The summed E-state index contributed by atoms with van der Waals surface area (Å²) in [6, 6.07) is 2.16. The van der Waals surface area contributed by atoms with Gasteiger partial charge in [-0.15, -0.1) is 0 Å². The lowest BCUT2D eigenvalue weighted by atomic mass is 9.92. The van der Waals surface area contributed by atoms with Crippen molar-refractivity contribution in [1.82, 2.24) is 9.97 Å². The van der Waals surface area contributed by atoms with Gasteiger partial charge in [-0.05, 0) is 26.2 Å². The number of aryl methyl sites for hydroxylation is 2. The summed E-state index contributed by atoms with van der Waals surface area (Å²) in [4.78, 5) is 11.6. The van der Waals surface area contributed by atoms with Crippen molar-refractivity contribution < 1.29 is 4.74 Å². The van der Waals surface area contributed by atoms with Crippen LogP contribution in [0.3, 0.4) is 0 Å². The highest BCUT2D eigenvalue weighted by Crippen LogP contribution is 2.34. The Morgan fingerprint density at radius 3 is 2.67 bits per heavy atom. The highest BCUT2D eigenvalue weighted by molar-refractivity contribution is 5.41. The second-order valence-electron chi connectivity index (χ2n) is 6.49. The zero-order valence-corrected chi connectivity index (χ0v) is 13.4. The third-order valence-corrected chi connectivity index (χ3v) is 4.83. The molecule has 2 aliphatic rings. The number of morpholine rings is 1. The molecule has 1 aliphatic carbocycles. The molecule has 0 bridgehead atoms. The number of nitrogens with zero attached hydrogens (tertiary/aromatic N) is 3. The third-order valence-electron chi connectivity index (χ3n) is 4.83. The van der Waals surface area contributed by atoms with E-state index in [1.165, 1.54) is 38.5 Å². The summed E-state index contributed by atoms with van der Waals surface area (Å²) in [6.07, 6.45) is 8.69. The predicted molar refractivity (Wildman–Crippen MR) is 84.7 cm³/mol. The monoisotopic (exact) mass is 289 g/mol. The summed E-state index contributed by atoms with van der Waals surface area (Å²) in [6.45, 7) is 6.90. The first-order valence-corrected chi connectivity index (χ1v) is 8.44. The Morgan fingerprint density at radius 2 is 1.95 bits per heavy atom. The fourth-order valence-corrected chi connectivity index (χ4v) is 3.67. The number of anilines is 1. The molecule has 0 unspecified atom stereocenters. The highest BCUT2D eigenvalue weighted by atomic mass is 16.5. The van der Waals surface area contributed by atoms with E-state index in [1.807, 2.05) is 6.92 Å². The molecule has 1 saturated heterocycles. The van der Waals surface area contributed by atoms with E-state index in [0.29, 0.717) is 0 Å². The molecule has 0 N–H and O–H groups in total. The van der Waals surface area contributed by atoms with Crippen LogP contribution in [0.4, 0.5) is 5.82 Å². The second-order valence-corrected chi connectivity index (χ2v) is 6.49. The van der Waals surface area contributed by atoms with Crippen molar-refractivity contribution >= 4 is 5.82 Å². The lowest BCUT2D eigenvalue weighted by Crippen LogP contribution is -2.52. The van der Waals surface area contributed by atoms with Crippen LogP contribution in [0.2, 0.25) is 0 Å². The zero-order chi connectivity index (χ0) is 14.7. The Hall–Kier alpha value is -1.16. The molecule has 2 heterocycles. The summed E-state index contributed by atoms with van der Waals surface area (Å²) >= 11 is 0. The molecule has 0 atom stereocenters. The Balaban J connectivity index is 1.80. The minimum atomic E-state index is 0.0694. The molecule has 0 aromatic carbocycles. The highest BCUT2D eigenvalue weighted by Gasteiger charge is 2.37. The van der Waals surface area contributed by atoms with Crippen molar-refractivity contribution in [2.24, 2.45) is 0 Å². The van der Waals surface area contributed by atoms with Gasteiger partial charge in [-0.25, -0.2) is 9.97 Å². The molecule has 1 aromatic heterocycles. The van der Waals surface area contributed by atoms with E-state index in [-0.39, 0.29) is 5.60 Å². The van der Waals surface area contributed by atoms with Crippen molar-refractivity contribution in [1.29, 1.82) is 0 Å². The molecule has 4 nitrogen and oxygen atoms in total. The van der Waals surface area contributed by atoms with Crippen LogP contribution in [0.1, 0.15) is 57.0 Å². The van der Waals surface area contributed by atoms with Gasteiger partial charge >= 0.3 is 0 Å². The van der Waals surface area contributed by atoms with Crippen LogP contribution < -0.4 is 4.90 Å². The van der Waals surface area contributed by atoms with Crippen molar-refractivity contribution in [2.45, 2.75) is 64.4 Å². The second kappa shape index (κ2) is 6.30. The molecule has 3 rings (SSSR count). The Bertz CT molecular complexity index is 481. The predicted octanol–water partition coefficient (Wildman–Crippen LogP) is 3.28. The number of ether oxygens (including phenoxy) is 1. The molecule has 1 aromatic rings. The van der Waals surface area contributed by atoms with Gasteiger partial charge in [-0.3, -0.25) is 0 Å². The molecule has 21 heavy (non-hydrogen) atoms. The summed E-state index contributed by atoms with van der Waals surface area (Å²) < 4.78 is 6.24. The van der Waals surface area contributed by atoms with Gasteiger partial charge in [0.05, 0.1) is 12.2 Å². The maximum atomic E-state index is 6.24. The maximum absolute atomic E-state index is 6.24. The van der Waals surface area contributed by atoms with E-state index in [4.69, 9.17) is 4.74 Å². The van der Waals surface area contributed by atoms with Gasteiger partial charge in [0, 0.05) is 24.8 Å². The van der Waals surface area contributed by atoms with Crippen LogP contribution in [0.5, 0.6) is 0 Å². The van der Waals surface area contributed by atoms with Gasteiger partial charge in [0.2, 0.25) is 0 Å². The van der Waals surface area contributed by atoms with E-state index in [0.717, 1.165) is 43.5 Å². The quantitative estimate of drug-likeness (QED) is 0.837. The maximum Gasteiger partial charge on any atom is 0.132 e. The summed E-state index contributed by atoms with van der Waals surface area (Å²) in [5, 5.41) is 0. The van der Waals surface area contributed by atoms with E-state index in [9.17, 15) is 0 Å². The number of rotatable bonds is 2. The fraction of sp³-hybridized carbons (Fsp3) is 0.765. The summed E-state index contributed by atoms with van der Waals surface area (Å²) in [7, 11) is 0. The molecule has 2 fully saturated rings. The average Bonchev–Trinajstić information content (AvgIpc) is 2.72. The Morgan fingerprint density at radius 1 is 1.19 bits per heavy atom. The van der Waals surface area contributed by atoms with Gasteiger partial charge in [0.1, 0.15) is 11.6 Å². The lowest BCUT2D eigenvalue weighted by Gasteiger charge is -2.43. The topological polar surface area (TPSA) is 38.2 Å². The summed E-state index contributed by atoms with van der Waals surface area (Å²) in [5.74, 6) is 1.97. The van der Waals surface area contributed by atoms with Crippen molar-refractivity contribution in [2.75, 3.05) is 24.6 Å². The van der Waals surface area contributed by atoms with Crippen LogP contribution in [-0.4, -0.2) is 35.3 Å². The third kappa shape index (κ3) is 3.37. The molecule has 0 amide bonds. The van der Waals surface area contributed by atoms with Crippen LogP contribution in [0.25, 0.3) is 0 Å². The van der Waals surface area contributed by atoms with E-state index in [1.54, 1.807) is 0 Å². The van der Waals surface area contributed by atoms with E-state index in [2.05, 4.69) is 27.9 Å². The van der Waals surface area contributed by atoms with Crippen LogP contribution in [-0.2, 0) is 11.2 Å². The molecular weight excluding hydrogens is 262 g/mol. The first-order valence-electron chi connectivity index (χ1n) is 8.44. The van der Waals surface area contributed by atoms with Gasteiger partial charge in [-0.2, -0.15) is 0 Å². The largest absolute Gasteiger partial charge is 0.371 e. The minimum absolute atomic E-state index is 0.0694. The van der Waals surface area contributed by atoms with Gasteiger partial charge < -0.3 is 9.64 Å². The molecule has 1 saturated carbocycles. The SMILES string of the molecule is CCc1cc(N2CCOC3(CCCCCC3)C2)nc(C)n1. The normalized spacial score (nSPS) is 22.3. The van der Waals surface area contributed by atoms with E-state index >= 15 is 0 Å². The first kappa shape index (κ1) is 14.8. The Labute approximate surface area is 127 Å². The number of hydrogen-bond acceptors (Lipinski definition) is 4. The first-order chi connectivity index (χ1) is 10.2. The van der Waals surface area contributed by atoms with Crippen LogP contribution >= 0.6 is 0 Å². The standard InChI is InChI=1S/C17H27N3O/c1-3-15-12-16(19-14(2)18-15)20-10-11-21-17(13-20)8-6-4-5-7-9-17/h12H,3-11,13H2,1-2H3. The van der Waals surface area contributed by atoms with Crippen molar-refractivity contribution in [3.05, 3.63) is 17.6 Å². The van der Waals surface area contributed by atoms with E-state index < -0.39 is 0 Å². The zero-order valence-electron chi connectivity index (χ0n) is 13.4. The molecule has 116 valence electrons. The number of aromatic nitrogens is 2. The van der Waals surface area contributed by atoms with Crippen molar-refractivity contribution in [3.8, 4) is 0 Å². The average molecular weight is 289 g/mol. The molecule has 1 spiro atoms. The van der Waals surface area contributed by atoms with Gasteiger partial charge in [0.15, 0.2) is 0 Å². The Kier molecular flexibility index (Phi) is 4.43. The summed E-state index contributed by atoms with van der Waals surface area (Å²) in [5.41, 5.74) is 1.21. The fourth-order valence-electron chi connectivity index (χ4n) is 3.67.